The van der Waals surface area contributed by atoms with Crippen LogP contribution >= 0.6 is 0 Å². The number of hydrogen-bond donors (Lipinski definition) is 0. The first-order valence-corrected chi connectivity index (χ1v) is 6.35. The van der Waals surface area contributed by atoms with Gasteiger partial charge in [0.25, 0.3) is 0 Å². The molecule has 0 aliphatic carbocycles. The maximum atomic E-state index is 4.30. The summed E-state index contributed by atoms with van der Waals surface area (Å²) in [5.41, 5.74) is 2.08. The summed E-state index contributed by atoms with van der Waals surface area (Å²) in [5.74, 6) is 0.644. The molecule has 3 rings (SSSR count). The summed E-state index contributed by atoms with van der Waals surface area (Å²) in [6.07, 6.45) is 6.21. The van der Waals surface area contributed by atoms with Crippen molar-refractivity contribution in [2.24, 2.45) is 0 Å². The number of tetrazole rings is 1. The highest BCUT2D eigenvalue weighted by Gasteiger charge is 2.14. The van der Waals surface area contributed by atoms with Gasteiger partial charge < -0.3 is 4.90 Å². The molecule has 0 radical (unpaired) electrons. The molecule has 0 N–H and O–H groups in total. The van der Waals surface area contributed by atoms with Gasteiger partial charge in [-0.2, -0.15) is 4.80 Å². The zero-order valence-electron chi connectivity index (χ0n) is 10.5. The van der Waals surface area contributed by atoms with Crippen LogP contribution in [-0.2, 0) is 6.54 Å². The van der Waals surface area contributed by atoms with E-state index in [2.05, 4.69) is 31.4 Å². The van der Waals surface area contributed by atoms with Crippen LogP contribution in [0.4, 0.5) is 5.69 Å². The van der Waals surface area contributed by atoms with Crippen LogP contribution < -0.4 is 4.90 Å². The molecular formula is C12H16N6. The Balaban J connectivity index is 1.90. The number of nitrogens with zero attached hydrogens (tertiary/aromatic N) is 6. The number of aryl methyl sites for hydroxylation is 1. The smallest absolute Gasteiger partial charge is 0.206 e. The van der Waals surface area contributed by atoms with Gasteiger partial charge in [-0.1, -0.05) is 0 Å². The monoisotopic (exact) mass is 244 g/mol. The van der Waals surface area contributed by atoms with E-state index < -0.39 is 0 Å². The molecule has 6 heteroatoms. The Morgan fingerprint density at radius 2 is 2.06 bits per heavy atom. The summed E-state index contributed by atoms with van der Waals surface area (Å²) in [7, 11) is 0. The highest BCUT2D eigenvalue weighted by atomic mass is 15.6. The van der Waals surface area contributed by atoms with Gasteiger partial charge in [-0.25, -0.2) is 0 Å². The summed E-state index contributed by atoms with van der Waals surface area (Å²) in [4.78, 5) is 8.21. The second kappa shape index (κ2) is 4.72. The van der Waals surface area contributed by atoms with Crippen molar-refractivity contribution in [2.45, 2.75) is 26.3 Å². The van der Waals surface area contributed by atoms with Crippen molar-refractivity contribution in [1.29, 1.82) is 0 Å². The van der Waals surface area contributed by atoms with E-state index in [0.717, 1.165) is 30.9 Å². The first-order chi connectivity index (χ1) is 8.86. The van der Waals surface area contributed by atoms with E-state index >= 15 is 0 Å². The van der Waals surface area contributed by atoms with Gasteiger partial charge >= 0.3 is 0 Å². The molecule has 0 unspecified atom stereocenters. The summed E-state index contributed by atoms with van der Waals surface area (Å²) < 4.78 is 0. The van der Waals surface area contributed by atoms with Crippen LogP contribution in [-0.4, -0.2) is 38.3 Å². The Morgan fingerprint density at radius 3 is 2.78 bits per heavy atom. The van der Waals surface area contributed by atoms with Crippen molar-refractivity contribution in [3.05, 3.63) is 18.5 Å². The predicted octanol–water partition coefficient (Wildman–Crippen LogP) is 1.36. The summed E-state index contributed by atoms with van der Waals surface area (Å²) in [6.45, 7) is 4.94. The molecule has 0 spiro atoms. The van der Waals surface area contributed by atoms with Gasteiger partial charge in [-0.3, -0.25) is 4.98 Å². The van der Waals surface area contributed by atoms with Crippen molar-refractivity contribution in [1.82, 2.24) is 25.2 Å². The van der Waals surface area contributed by atoms with Gasteiger partial charge in [-0.15, -0.1) is 10.2 Å². The zero-order chi connectivity index (χ0) is 12.4. The van der Waals surface area contributed by atoms with Crippen molar-refractivity contribution >= 4 is 5.69 Å². The highest BCUT2D eigenvalue weighted by molar-refractivity contribution is 5.60. The quantitative estimate of drug-likeness (QED) is 0.815. The molecule has 0 atom stereocenters. The molecule has 94 valence electrons. The van der Waals surface area contributed by atoms with Crippen LogP contribution in [0.1, 0.15) is 19.8 Å². The van der Waals surface area contributed by atoms with Crippen LogP contribution in [0.2, 0.25) is 0 Å². The van der Waals surface area contributed by atoms with E-state index in [9.17, 15) is 0 Å². The van der Waals surface area contributed by atoms with E-state index in [-0.39, 0.29) is 0 Å². The number of rotatable bonds is 3. The van der Waals surface area contributed by atoms with Crippen molar-refractivity contribution in [2.75, 3.05) is 18.0 Å². The average Bonchev–Trinajstić information content (AvgIpc) is 3.10. The van der Waals surface area contributed by atoms with Crippen LogP contribution in [0, 0.1) is 0 Å². The third-order valence-electron chi connectivity index (χ3n) is 3.19. The molecule has 18 heavy (non-hydrogen) atoms. The molecule has 0 amide bonds. The SMILES string of the molecule is CCn1nnc(-c2cncc(N3CCCC3)c2)n1. The summed E-state index contributed by atoms with van der Waals surface area (Å²) in [6, 6.07) is 2.09. The highest BCUT2D eigenvalue weighted by Crippen LogP contribution is 2.23. The number of aromatic nitrogens is 5. The Morgan fingerprint density at radius 1 is 1.22 bits per heavy atom. The van der Waals surface area contributed by atoms with Crippen molar-refractivity contribution < 1.29 is 0 Å². The lowest BCUT2D eigenvalue weighted by Crippen LogP contribution is -2.17. The topological polar surface area (TPSA) is 59.7 Å². The second-order valence-electron chi connectivity index (χ2n) is 4.43. The van der Waals surface area contributed by atoms with E-state index in [0.29, 0.717) is 5.82 Å². The molecule has 0 saturated carbocycles. The third kappa shape index (κ3) is 2.05. The predicted molar refractivity (Wildman–Crippen MR) is 68.2 cm³/mol. The zero-order valence-corrected chi connectivity index (χ0v) is 10.5. The lowest BCUT2D eigenvalue weighted by atomic mass is 10.2. The molecule has 1 aliphatic heterocycles. The normalized spacial score (nSPS) is 15.3. The second-order valence-corrected chi connectivity index (χ2v) is 4.43. The van der Waals surface area contributed by atoms with Gasteiger partial charge in [0.05, 0.1) is 18.4 Å². The van der Waals surface area contributed by atoms with Gasteiger partial charge in [0, 0.05) is 24.8 Å². The molecule has 3 heterocycles. The first kappa shape index (κ1) is 11.1. The minimum atomic E-state index is 0.644. The maximum absolute atomic E-state index is 4.30. The maximum Gasteiger partial charge on any atom is 0.206 e. The fourth-order valence-electron chi connectivity index (χ4n) is 2.19. The standard InChI is InChI=1S/C12H16N6/c1-2-18-15-12(14-16-18)10-7-11(9-13-8-10)17-5-3-4-6-17/h7-9H,2-6H2,1H3. The fraction of sp³-hybridized carbons (Fsp3) is 0.500. The Bertz CT molecular complexity index is 529. The minimum Gasteiger partial charge on any atom is -0.370 e. The number of hydrogen-bond acceptors (Lipinski definition) is 5. The molecule has 2 aromatic heterocycles. The largest absolute Gasteiger partial charge is 0.370 e. The Kier molecular flexibility index (Phi) is 2.92. The third-order valence-corrected chi connectivity index (χ3v) is 3.19. The summed E-state index contributed by atoms with van der Waals surface area (Å²) >= 11 is 0. The molecule has 0 bridgehead atoms. The average molecular weight is 244 g/mol. The molecular weight excluding hydrogens is 228 g/mol. The summed E-state index contributed by atoms with van der Waals surface area (Å²) in [5, 5.41) is 12.3. The van der Waals surface area contributed by atoms with Crippen LogP contribution in [0.3, 0.4) is 0 Å². The number of anilines is 1. The lowest BCUT2D eigenvalue weighted by molar-refractivity contribution is 0.553. The minimum absolute atomic E-state index is 0.644. The van der Waals surface area contributed by atoms with Crippen molar-refractivity contribution in [3.63, 3.8) is 0 Å². The van der Waals surface area contributed by atoms with Crippen LogP contribution in [0.15, 0.2) is 18.5 Å². The molecule has 1 fully saturated rings. The Hall–Kier alpha value is -1.98. The lowest BCUT2D eigenvalue weighted by Gasteiger charge is -2.17. The van der Waals surface area contributed by atoms with Gasteiger partial charge in [0.1, 0.15) is 0 Å². The van der Waals surface area contributed by atoms with E-state index in [1.165, 1.54) is 12.8 Å². The van der Waals surface area contributed by atoms with Gasteiger partial charge in [-0.05, 0) is 31.0 Å². The van der Waals surface area contributed by atoms with Crippen LogP contribution in [0.25, 0.3) is 11.4 Å². The number of pyridine rings is 1. The molecule has 2 aromatic rings. The molecule has 1 saturated heterocycles. The molecule has 6 nitrogen and oxygen atoms in total. The molecule has 0 aromatic carbocycles. The van der Waals surface area contributed by atoms with E-state index in [1.54, 1.807) is 11.0 Å². The van der Waals surface area contributed by atoms with E-state index in [4.69, 9.17) is 0 Å². The van der Waals surface area contributed by atoms with Crippen LogP contribution in [0.5, 0.6) is 0 Å². The fourth-order valence-corrected chi connectivity index (χ4v) is 2.19. The van der Waals surface area contributed by atoms with Gasteiger partial charge in [0.2, 0.25) is 5.82 Å². The molecule has 1 aliphatic rings. The van der Waals surface area contributed by atoms with Gasteiger partial charge in [0.15, 0.2) is 0 Å². The van der Waals surface area contributed by atoms with E-state index in [1.807, 2.05) is 13.1 Å². The van der Waals surface area contributed by atoms with Crippen molar-refractivity contribution in [3.8, 4) is 11.4 Å². The first-order valence-electron chi connectivity index (χ1n) is 6.35. The Labute approximate surface area is 106 Å².